The Morgan fingerprint density at radius 2 is 0.912 bits per heavy atom. The highest BCUT2D eigenvalue weighted by molar-refractivity contribution is 5.78. The van der Waals surface area contributed by atoms with Crippen molar-refractivity contribution in [3.8, 4) is 11.5 Å². The molecule has 0 aliphatic heterocycles. The molecule has 0 saturated heterocycles. The number of rotatable bonds is 9. The summed E-state index contributed by atoms with van der Waals surface area (Å²) in [7, 11) is 0. The van der Waals surface area contributed by atoms with Crippen molar-refractivity contribution in [3.05, 3.63) is 108 Å². The van der Waals surface area contributed by atoms with Gasteiger partial charge in [0.05, 0.1) is 13.2 Å². The van der Waals surface area contributed by atoms with Crippen LogP contribution < -0.4 is 20.1 Å². The van der Waals surface area contributed by atoms with Gasteiger partial charge in [-0.1, -0.05) is 36.4 Å². The molecule has 0 spiro atoms. The summed E-state index contributed by atoms with van der Waals surface area (Å²) < 4.78 is 11.3. The van der Waals surface area contributed by atoms with Crippen molar-refractivity contribution in [1.29, 1.82) is 0 Å². The lowest BCUT2D eigenvalue weighted by Gasteiger charge is -2.26. The molecule has 0 atom stereocenters. The maximum atomic E-state index is 5.78. The molecule has 0 unspecified atom stereocenters. The largest absolute Gasteiger partial charge is 0.494 e. The van der Waals surface area contributed by atoms with E-state index in [2.05, 4.69) is 65.6 Å². The summed E-state index contributed by atoms with van der Waals surface area (Å²) in [5, 5.41) is 0. The summed E-state index contributed by atoms with van der Waals surface area (Å²) in [6.45, 7) is 5.27. The molecule has 4 heteroatoms. The molecule has 4 nitrogen and oxygen atoms in total. The van der Waals surface area contributed by atoms with Crippen LogP contribution in [0, 0.1) is 0 Å². The average molecular weight is 451 g/mol. The van der Waals surface area contributed by atoms with Gasteiger partial charge in [0, 0.05) is 22.7 Å². The SMILES string of the molecule is CCOc1ccc(N(c2ccc(/C=C/c3ccc(N)cc3)cc2)c2ccc(OCC)cc2)cc1. The van der Waals surface area contributed by atoms with Gasteiger partial charge < -0.3 is 20.1 Å². The van der Waals surface area contributed by atoms with Crippen molar-refractivity contribution in [2.45, 2.75) is 13.8 Å². The number of hydrogen-bond acceptors (Lipinski definition) is 4. The predicted octanol–water partition coefficient (Wildman–Crippen LogP) is 7.71. The van der Waals surface area contributed by atoms with Gasteiger partial charge in [-0.15, -0.1) is 0 Å². The third-order valence-corrected chi connectivity index (χ3v) is 5.37. The first-order valence-electron chi connectivity index (χ1n) is 11.6. The minimum atomic E-state index is 0.646. The predicted molar refractivity (Wildman–Crippen MR) is 143 cm³/mol. The number of nitrogens with two attached hydrogens (primary N) is 1. The Bertz CT molecular complexity index is 1150. The zero-order valence-electron chi connectivity index (χ0n) is 19.6. The lowest BCUT2D eigenvalue weighted by atomic mass is 10.1. The van der Waals surface area contributed by atoms with Crippen LogP contribution in [0.1, 0.15) is 25.0 Å². The molecule has 4 rings (SSSR count). The van der Waals surface area contributed by atoms with Gasteiger partial charge >= 0.3 is 0 Å². The number of anilines is 4. The zero-order valence-corrected chi connectivity index (χ0v) is 19.6. The fraction of sp³-hybridized carbons (Fsp3) is 0.133. The van der Waals surface area contributed by atoms with Crippen LogP contribution in [0.25, 0.3) is 12.2 Å². The van der Waals surface area contributed by atoms with E-state index < -0.39 is 0 Å². The number of ether oxygens (including phenoxy) is 2. The van der Waals surface area contributed by atoms with E-state index in [4.69, 9.17) is 15.2 Å². The van der Waals surface area contributed by atoms with Gasteiger partial charge in [0.15, 0.2) is 0 Å². The summed E-state index contributed by atoms with van der Waals surface area (Å²) >= 11 is 0. The molecule has 2 N–H and O–H groups in total. The van der Waals surface area contributed by atoms with E-state index in [1.54, 1.807) is 0 Å². The zero-order chi connectivity index (χ0) is 23.8. The van der Waals surface area contributed by atoms with Crippen molar-refractivity contribution < 1.29 is 9.47 Å². The van der Waals surface area contributed by atoms with Crippen molar-refractivity contribution in [2.24, 2.45) is 0 Å². The number of nitrogens with zero attached hydrogens (tertiary/aromatic N) is 1. The molecular weight excluding hydrogens is 420 g/mol. The molecule has 0 bridgehead atoms. The Hall–Kier alpha value is -4.18. The van der Waals surface area contributed by atoms with Gasteiger partial charge in [-0.25, -0.2) is 0 Å². The summed E-state index contributed by atoms with van der Waals surface area (Å²) in [6, 6.07) is 32.7. The van der Waals surface area contributed by atoms with Crippen LogP contribution in [0.4, 0.5) is 22.7 Å². The fourth-order valence-corrected chi connectivity index (χ4v) is 3.70. The van der Waals surface area contributed by atoms with Crippen molar-refractivity contribution >= 4 is 34.9 Å². The minimum absolute atomic E-state index is 0.646. The van der Waals surface area contributed by atoms with Crippen LogP contribution >= 0.6 is 0 Å². The van der Waals surface area contributed by atoms with Crippen LogP contribution in [-0.4, -0.2) is 13.2 Å². The summed E-state index contributed by atoms with van der Waals surface area (Å²) in [5.74, 6) is 1.72. The van der Waals surface area contributed by atoms with E-state index in [0.717, 1.165) is 45.4 Å². The molecule has 34 heavy (non-hydrogen) atoms. The Labute approximate surface area is 201 Å². The van der Waals surface area contributed by atoms with Gasteiger partial charge in [-0.05, 0) is 97.8 Å². The second kappa shape index (κ2) is 11.1. The van der Waals surface area contributed by atoms with Gasteiger partial charge in [0.2, 0.25) is 0 Å². The van der Waals surface area contributed by atoms with Gasteiger partial charge in [0.25, 0.3) is 0 Å². The summed E-state index contributed by atoms with van der Waals surface area (Å²) in [4.78, 5) is 2.22. The second-order valence-electron chi connectivity index (χ2n) is 7.78. The monoisotopic (exact) mass is 450 g/mol. The Morgan fingerprint density at radius 1 is 0.559 bits per heavy atom. The highest BCUT2D eigenvalue weighted by atomic mass is 16.5. The van der Waals surface area contributed by atoms with Crippen LogP contribution in [0.5, 0.6) is 11.5 Å². The Kier molecular flexibility index (Phi) is 7.51. The first kappa shape index (κ1) is 23.0. The highest BCUT2D eigenvalue weighted by Crippen LogP contribution is 2.36. The number of hydrogen-bond donors (Lipinski definition) is 1. The lowest BCUT2D eigenvalue weighted by Crippen LogP contribution is -2.10. The molecule has 0 aromatic heterocycles. The van der Waals surface area contributed by atoms with Gasteiger partial charge in [0.1, 0.15) is 11.5 Å². The second-order valence-corrected chi connectivity index (χ2v) is 7.78. The summed E-state index contributed by atoms with van der Waals surface area (Å²) in [5.41, 5.74) is 12.0. The molecule has 0 aliphatic carbocycles. The molecular formula is C30H30N2O2. The molecule has 0 fully saturated rings. The molecule has 4 aromatic rings. The van der Waals surface area contributed by atoms with E-state index in [-0.39, 0.29) is 0 Å². The van der Waals surface area contributed by atoms with E-state index in [1.807, 2.05) is 62.4 Å². The molecule has 0 amide bonds. The molecule has 0 radical (unpaired) electrons. The normalized spacial score (nSPS) is 10.9. The smallest absolute Gasteiger partial charge is 0.119 e. The quantitative estimate of drug-likeness (QED) is 0.210. The topological polar surface area (TPSA) is 47.7 Å². The third-order valence-electron chi connectivity index (χ3n) is 5.37. The average Bonchev–Trinajstić information content (AvgIpc) is 2.87. The van der Waals surface area contributed by atoms with E-state index in [9.17, 15) is 0 Å². The van der Waals surface area contributed by atoms with Gasteiger partial charge in [-0.3, -0.25) is 0 Å². The molecule has 4 aromatic carbocycles. The Morgan fingerprint density at radius 3 is 1.29 bits per heavy atom. The van der Waals surface area contributed by atoms with Crippen LogP contribution in [0.2, 0.25) is 0 Å². The molecule has 172 valence electrons. The minimum Gasteiger partial charge on any atom is -0.494 e. The number of benzene rings is 4. The van der Waals surface area contributed by atoms with Crippen LogP contribution in [0.3, 0.4) is 0 Å². The van der Waals surface area contributed by atoms with Gasteiger partial charge in [-0.2, -0.15) is 0 Å². The number of nitrogen functional groups attached to an aromatic ring is 1. The molecule has 0 heterocycles. The Balaban J connectivity index is 1.63. The van der Waals surface area contributed by atoms with E-state index >= 15 is 0 Å². The first-order chi connectivity index (χ1) is 16.7. The summed E-state index contributed by atoms with van der Waals surface area (Å²) in [6.07, 6.45) is 4.19. The highest BCUT2D eigenvalue weighted by Gasteiger charge is 2.13. The van der Waals surface area contributed by atoms with Crippen molar-refractivity contribution in [1.82, 2.24) is 0 Å². The molecule has 0 saturated carbocycles. The molecule has 0 aliphatic rings. The van der Waals surface area contributed by atoms with Crippen LogP contribution in [0.15, 0.2) is 97.1 Å². The van der Waals surface area contributed by atoms with Crippen molar-refractivity contribution in [2.75, 3.05) is 23.8 Å². The standard InChI is InChI=1S/C30H30N2O2/c1-3-33-29-19-15-27(16-20-29)32(28-17-21-30(22-18-28)34-4-2)26-13-9-24(10-14-26)6-5-23-7-11-25(31)12-8-23/h5-22H,3-4,31H2,1-2H3/b6-5+. The maximum Gasteiger partial charge on any atom is 0.119 e. The fourth-order valence-electron chi connectivity index (χ4n) is 3.70. The van der Waals surface area contributed by atoms with E-state index in [1.165, 1.54) is 0 Å². The maximum absolute atomic E-state index is 5.78. The van der Waals surface area contributed by atoms with Crippen LogP contribution in [-0.2, 0) is 0 Å². The van der Waals surface area contributed by atoms with Crippen molar-refractivity contribution in [3.63, 3.8) is 0 Å². The lowest BCUT2D eigenvalue weighted by molar-refractivity contribution is 0.340. The third kappa shape index (κ3) is 5.78. The first-order valence-corrected chi connectivity index (χ1v) is 11.6. The van der Waals surface area contributed by atoms with E-state index in [0.29, 0.717) is 13.2 Å².